The molecule has 0 saturated carbocycles. The number of thioether (sulfide) groups is 1. The number of nitrogens with zero attached hydrogens (tertiary/aromatic N) is 1. The molecule has 1 aliphatic heterocycles. The molecule has 0 unspecified atom stereocenters. The number of benzene rings is 1. The van der Waals surface area contributed by atoms with Gasteiger partial charge in [-0.25, -0.2) is 0 Å². The number of aromatic amines is 1. The van der Waals surface area contributed by atoms with Gasteiger partial charge in [0.25, 0.3) is 5.91 Å². The number of anilines is 1. The summed E-state index contributed by atoms with van der Waals surface area (Å²) in [5, 5.41) is 13.3. The Hall–Kier alpha value is -1.79. The van der Waals surface area contributed by atoms with Crippen molar-refractivity contribution < 1.29 is 4.79 Å². The molecule has 1 aliphatic rings. The monoisotopic (exact) mass is 288 g/mol. The van der Waals surface area contributed by atoms with Crippen LogP contribution in [0.1, 0.15) is 21.7 Å². The van der Waals surface area contributed by atoms with Gasteiger partial charge in [-0.05, 0) is 18.4 Å². The highest BCUT2D eigenvalue weighted by atomic mass is 32.2. The van der Waals surface area contributed by atoms with Crippen LogP contribution in [-0.2, 0) is 13.0 Å². The smallest absolute Gasteiger partial charge is 0.276 e. The zero-order valence-electron chi connectivity index (χ0n) is 11.2. The summed E-state index contributed by atoms with van der Waals surface area (Å²) >= 11 is 1.61. The Morgan fingerprint density at radius 3 is 3.10 bits per heavy atom. The standard InChI is InChI=1S/C14H16N4OS/c1-20-12-5-3-2-4-11(12)16-14(19)13-9-8-15-7-6-10(9)17-18-13/h2-5,15H,6-8H2,1H3,(H,16,19)(H,17,18). The Morgan fingerprint density at radius 2 is 2.25 bits per heavy atom. The number of aromatic nitrogens is 2. The second kappa shape index (κ2) is 5.68. The summed E-state index contributed by atoms with van der Waals surface area (Å²) < 4.78 is 0. The number of carbonyl (C=O) groups is 1. The molecule has 0 spiro atoms. The van der Waals surface area contributed by atoms with Gasteiger partial charge in [0, 0.05) is 35.7 Å². The fourth-order valence-electron chi connectivity index (χ4n) is 2.34. The Morgan fingerprint density at radius 1 is 1.40 bits per heavy atom. The minimum absolute atomic E-state index is 0.160. The van der Waals surface area contributed by atoms with Crippen LogP contribution in [0.4, 0.5) is 5.69 Å². The number of para-hydroxylation sites is 1. The van der Waals surface area contributed by atoms with Crippen molar-refractivity contribution in [1.29, 1.82) is 0 Å². The van der Waals surface area contributed by atoms with E-state index in [9.17, 15) is 4.79 Å². The molecule has 1 amide bonds. The zero-order valence-corrected chi connectivity index (χ0v) is 12.0. The molecule has 1 aromatic carbocycles. The number of H-pyrrole nitrogens is 1. The number of nitrogens with one attached hydrogen (secondary N) is 3. The molecule has 0 fully saturated rings. The van der Waals surface area contributed by atoms with Gasteiger partial charge in [0.05, 0.1) is 5.69 Å². The van der Waals surface area contributed by atoms with Crippen LogP contribution in [0.2, 0.25) is 0 Å². The Kier molecular flexibility index (Phi) is 3.75. The maximum atomic E-state index is 12.4. The van der Waals surface area contributed by atoms with E-state index in [4.69, 9.17) is 0 Å². The van der Waals surface area contributed by atoms with Crippen LogP contribution in [0, 0.1) is 0 Å². The first-order valence-corrected chi connectivity index (χ1v) is 7.73. The van der Waals surface area contributed by atoms with Crippen LogP contribution < -0.4 is 10.6 Å². The Bertz CT molecular complexity index is 638. The van der Waals surface area contributed by atoms with Gasteiger partial charge in [0.2, 0.25) is 0 Å². The van der Waals surface area contributed by atoms with Crippen LogP contribution >= 0.6 is 11.8 Å². The SMILES string of the molecule is CSc1ccccc1NC(=O)c1n[nH]c2c1CNCC2. The molecular formula is C14H16N4OS. The third-order valence-corrected chi connectivity index (χ3v) is 4.17. The topological polar surface area (TPSA) is 69.8 Å². The van der Waals surface area contributed by atoms with Gasteiger partial charge in [-0.3, -0.25) is 9.89 Å². The molecule has 20 heavy (non-hydrogen) atoms. The lowest BCUT2D eigenvalue weighted by atomic mass is 10.1. The molecular weight excluding hydrogens is 272 g/mol. The van der Waals surface area contributed by atoms with Crippen LogP contribution in [0.25, 0.3) is 0 Å². The summed E-state index contributed by atoms with van der Waals surface area (Å²) in [6, 6.07) is 7.77. The van der Waals surface area contributed by atoms with Gasteiger partial charge in [0.15, 0.2) is 5.69 Å². The van der Waals surface area contributed by atoms with Gasteiger partial charge in [0.1, 0.15) is 0 Å². The summed E-state index contributed by atoms with van der Waals surface area (Å²) in [6.07, 6.45) is 2.88. The summed E-state index contributed by atoms with van der Waals surface area (Å²) in [6.45, 7) is 1.62. The van der Waals surface area contributed by atoms with E-state index in [0.717, 1.165) is 34.8 Å². The van der Waals surface area contributed by atoms with Crippen molar-refractivity contribution in [1.82, 2.24) is 15.5 Å². The number of rotatable bonds is 3. The lowest BCUT2D eigenvalue weighted by molar-refractivity contribution is 0.102. The Labute approximate surface area is 121 Å². The molecule has 2 heterocycles. The van der Waals surface area contributed by atoms with Gasteiger partial charge in [-0.1, -0.05) is 12.1 Å². The molecule has 2 aromatic rings. The van der Waals surface area contributed by atoms with Gasteiger partial charge in [-0.15, -0.1) is 11.8 Å². The second-order valence-corrected chi connectivity index (χ2v) is 5.46. The predicted molar refractivity (Wildman–Crippen MR) is 80.2 cm³/mol. The zero-order chi connectivity index (χ0) is 13.9. The molecule has 3 N–H and O–H groups in total. The van der Waals surface area contributed by atoms with E-state index in [0.29, 0.717) is 12.2 Å². The van der Waals surface area contributed by atoms with E-state index >= 15 is 0 Å². The van der Waals surface area contributed by atoms with Crippen LogP contribution in [0.3, 0.4) is 0 Å². The summed E-state index contributed by atoms with van der Waals surface area (Å²) in [7, 11) is 0. The van der Waals surface area contributed by atoms with Crippen LogP contribution in [0.5, 0.6) is 0 Å². The van der Waals surface area contributed by atoms with Gasteiger partial charge < -0.3 is 10.6 Å². The van der Waals surface area contributed by atoms with Crippen molar-refractivity contribution in [3.05, 3.63) is 41.2 Å². The summed E-state index contributed by atoms with van der Waals surface area (Å²) in [5.41, 5.74) is 3.36. The molecule has 0 saturated heterocycles. The number of hydrogen-bond donors (Lipinski definition) is 3. The molecule has 0 aliphatic carbocycles. The second-order valence-electron chi connectivity index (χ2n) is 4.61. The van der Waals surface area contributed by atoms with E-state index in [1.165, 1.54) is 0 Å². The fourth-order valence-corrected chi connectivity index (χ4v) is 2.90. The van der Waals surface area contributed by atoms with Gasteiger partial charge >= 0.3 is 0 Å². The average molecular weight is 288 g/mol. The third kappa shape index (κ3) is 2.44. The number of fused-ring (bicyclic) bond motifs is 1. The molecule has 6 heteroatoms. The van der Waals surface area contributed by atoms with Crippen molar-refractivity contribution in [2.24, 2.45) is 0 Å². The van der Waals surface area contributed by atoms with Crippen molar-refractivity contribution in [3.63, 3.8) is 0 Å². The molecule has 1 aromatic heterocycles. The van der Waals surface area contributed by atoms with Crippen molar-refractivity contribution in [2.75, 3.05) is 18.1 Å². The third-order valence-electron chi connectivity index (χ3n) is 3.38. The van der Waals surface area contributed by atoms with Crippen LogP contribution in [-0.4, -0.2) is 28.9 Å². The Balaban J connectivity index is 1.85. The van der Waals surface area contributed by atoms with Gasteiger partial charge in [-0.2, -0.15) is 5.10 Å². The molecule has 0 atom stereocenters. The van der Waals surface area contributed by atoms with E-state index in [2.05, 4.69) is 20.8 Å². The lowest BCUT2D eigenvalue weighted by Gasteiger charge is -2.13. The molecule has 3 rings (SSSR count). The summed E-state index contributed by atoms with van der Waals surface area (Å²) in [5.74, 6) is -0.160. The molecule has 104 valence electrons. The predicted octanol–water partition coefficient (Wildman–Crippen LogP) is 2.03. The maximum absolute atomic E-state index is 12.4. The summed E-state index contributed by atoms with van der Waals surface area (Å²) in [4.78, 5) is 13.4. The number of amides is 1. The van der Waals surface area contributed by atoms with Crippen LogP contribution in [0.15, 0.2) is 29.2 Å². The highest BCUT2D eigenvalue weighted by Gasteiger charge is 2.21. The van der Waals surface area contributed by atoms with E-state index < -0.39 is 0 Å². The first kappa shape index (κ1) is 13.2. The number of hydrogen-bond acceptors (Lipinski definition) is 4. The fraction of sp³-hybridized carbons (Fsp3) is 0.286. The van der Waals surface area contributed by atoms with E-state index in [1.54, 1.807) is 11.8 Å². The van der Waals surface area contributed by atoms with Crippen molar-refractivity contribution in [2.45, 2.75) is 17.9 Å². The molecule has 0 bridgehead atoms. The highest BCUT2D eigenvalue weighted by molar-refractivity contribution is 7.98. The highest BCUT2D eigenvalue weighted by Crippen LogP contribution is 2.25. The van der Waals surface area contributed by atoms with Crippen molar-refractivity contribution >= 4 is 23.4 Å². The lowest BCUT2D eigenvalue weighted by Crippen LogP contribution is -2.25. The van der Waals surface area contributed by atoms with Crippen molar-refractivity contribution in [3.8, 4) is 0 Å². The minimum Gasteiger partial charge on any atom is -0.320 e. The average Bonchev–Trinajstić information content (AvgIpc) is 2.92. The largest absolute Gasteiger partial charge is 0.320 e. The normalized spacial score (nSPS) is 13.8. The number of carbonyl (C=O) groups excluding carboxylic acids is 1. The molecule has 5 nitrogen and oxygen atoms in total. The first-order valence-electron chi connectivity index (χ1n) is 6.51. The molecule has 0 radical (unpaired) electrons. The first-order chi connectivity index (χ1) is 9.79. The minimum atomic E-state index is -0.160. The maximum Gasteiger partial charge on any atom is 0.276 e. The van der Waals surface area contributed by atoms with E-state index in [-0.39, 0.29) is 5.91 Å². The van der Waals surface area contributed by atoms with E-state index in [1.807, 2.05) is 30.5 Å². The quantitative estimate of drug-likeness (QED) is 0.756.